The second-order valence-electron chi connectivity index (χ2n) is 3.64. The predicted octanol–water partition coefficient (Wildman–Crippen LogP) is 2.92. The Bertz CT molecular complexity index is 325. The summed E-state index contributed by atoms with van der Waals surface area (Å²) < 4.78 is 1.04. The van der Waals surface area contributed by atoms with Crippen molar-refractivity contribution in [2.75, 3.05) is 6.54 Å². The molecule has 1 rings (SSSR count). The summed E-state index contributed by atoms with van der Waals surface area (Å²) in [4.78, 5) is 0. The van der Waals surface area contributed by atoms with Gasteiger partial charge in [0.25, 0.3) is 0 Å². The van der Waals surface area contributed by atoms with Crippen molar-refractivity contribution in [1.29, 1.82) is 0 Å². The smallest absolute Gasteiger partial charge is 0.119 e. The topological polar surface area (TPSA) is 46.2 Å². The van der Waals surface area contributed by atoms with Gasteiger partial charge < -0.3 is 10.8 Å². The van der Waals surface area contributed by atoms with Crippen LogP contribution in [-0.2, 0) is 0 Å². The molecule has 78 valence electrons. The zero-order chi connectivity index (χ0) is 10.7. The van der Waals surface area contributed by atoms with E-state index in [0.717, 1.165) is 22.0 Å². The fraction of sp³-hybridized carbons (Fsp3) is 0.455. The molecule has 0 fully saturated rings. The van der Waals surface area contributed by atoms with Gasteiger partial charge in [-0.05, 0) is 49.1 Å². The van der Waals surface area contributed by atoms with E-state index in [0.29, 0.717) is 18.2 Å². The number of hydrogen-bond acceptors (Lipinski definition) is 2. The molecule has 3 heteroatoms. The molecule has 0 radical (unpaired) electrons. The molecule has 0 aliphatic carbocycles. The number of aryl methyl sites for hydroxylation is 1. The van der Waals surface area contributed by atoms with E-state index >= 15 is 0 Å². The van der Waals surface area contributed by atoms with Gasteiger partial charge >= 0.3 is 0 Å². The minimum absolute atomic E-state index is 0.303. The molecule has 0 bridgehead atoms. The van der Waals surface area contributed by atoms with Crippen molar-refractivity contribution in [3.8, 4) is 5.75 Å². The van der Waals surface area contributed by atoms with Crippen LogP contribution in [-0.4, -0.2) is 11.7 Å². The van der Waals surface area contributed by atoms with Gasteiger partial charge in [0.1, 0.15) is 5.75 Å². The van der Waals surface area contributed by atoms with Crippen molar-refractivity contribution in [3.05, 3.63) is 27.7 Å². The fourth-order valence-corrected chi connectivity index (χ4v) is 1.84. The molecule has 1 unspecified atom stereocenters. The maximum absolute atomic E-state index is 9.75. The molecule has 0 saturated heterocycles. The van der Waals surface area contributed by atoms with Crippen LogP contribution in [0.25, 0.3) is 0 Å². The third kappa shape index (κ3) is 2.49. The molecule has 1 aromatic rings. The van der Waals surface area contributed by atoms with Crippen molar-refractivity contribution in [3.63, 3.8) is 0 Å². The van der Waals surface area contributed by atoms with Crippen molar-refractivity contribution in [2.45, 2.75) is 26.2 Å². The number of hydrogen-bond donors (Lipinski definition) is 2. The second-order valence-corrected chi connectivity index (χ2v) is 4.49. The molecule has 0 aromatic heterocycles. The summed E-state index contributed by atoms with van der Waals surface area (Å²) >= 11 is 3.46. The van der Waals surface area contributed by atoms with E-state index in [1.807, 2.05) is 13.0 Å². The molecule has 2 nitrogen and oxygen atoms in total. The van der Waals surface area contributed by atoms with Crippen LogP contribution in [0.2, 0.25) is 0 Å². The number of benzene rings is 1. The standard InChI is InChI=1S/C11H16BrNO/c1-7(3-4-13)9-6-10(12)8(2)5-11(9)14/h5-7,14H,3-4,13H2,1-2H3. The summed E-state index contributed by atoms with van der Waals surface area (Å²) in [6, 6.07) is 3.76. The van der Waals surface area contributed by atoms with Gasteiger partial charge in [-0.2, -0.15) is 0 Å². The highest BCUT2D eigenvalue weighted by Crippen LogP contribution is 2.32. The summed E-state index contributed by atoms with van der Waals surface area (Å²) in [6.07, 6.45) is 0.892. The quantitative estimate of drug-likeness (QED) is 0.875. The van der Waals surface area contributed by atoms with Gasteiger partial charge in [-0.3, -0.25) is 0 Å². The maximum atomic E-state index is 9.75. The van der Waals surface area contributed by atoms with Gasteiger partial charge in [-0.1, -0.05) is 22.9 Å². The van der Waals surface area contributed by atoms with E-state index in [4.69, 9.17) is 5.73 Å². The molecular formula is C11H16BrNO. The van der Waals surface area contributed by atoms with E-state index < -0.39 is 0 Å². The van der Waals surface area contributed by atoms with Gasteiger partial charge in [0.2, 0.25) is 0 Å². The third-order valence-corrected chi connectivity index (χ3v) is 3.29. The van der Waals surface area contributed by atoms with Crippen LogP contribution in [0.5, 0.6) is 5.75 Å². The summed E-state index contributed by atoms with van der Waals surface area (Å²) in [7, 11) is 0. The second kappa shape index (κ2) is 4.80. The van der Waals surface area contributed by atoms with E-state index in [9.17, 15) is 5.11 Å². The monoisotopic (exact) mass is 257 g/mol. The first kappa shape index (κ1) is 11.5. The lowest BCUT2D eigenvalue weighted by atomic mass is 9.96. The van der Waals surface area contributed by atoms with Crippen LogP contribution in [0.3, 0.4) is 0 Å². The summed E-state index contributed by atoms with van der Waals surface area (Å²) in [5, 5.41) is 9.75. The Morgan fingerprint density at radius 2 is 2.14 bits per heavy atom. The zero-order valence-corrected chi connectivity index (χ0v) is 10.1. The summed E-state index contributed by atoms with van der Waals surface area (Å²) in [5.74, 6) is 0.670. The Kier molecular flexibility index (Phi) is 3.96. The van der Waals surface area contributed by atoms with Crippen LogP contribution in [0.4, 0.5) is 0 Å². The number of phenolic OH excluding ortho intramolecular Hbond substituents is 1. The van der Waals surface area contributed by atoms with E-state index in [-0.39, 0.29) is 0 Å². The Morgan fingerprint density at radius 3 is 2.71 bits per heavy atom. The molecule has 0 amide bonds. The molecule has 0 aliphatic heterocycles. The van der Waals surface area contributed by atoms with Crippen LogP contribution in [0, 0.1) is 6.92 Å². The SMILES string of the molecule is Cc1cc(O)c(C(C)CCN)cc1Br. The van der Waals surface area contributed by atoms with Crippen LogP contribution in [0.1, 0.15) is 30.4 Å². The number of rotatable bonds is 3. The number of aromatic hydroxyl groups is 1. The molecule has 3 N–H and O–H groups in total. The van der Waals surface area contributed by atoms with Crippen molar-refractivity contribution in [2.24, 2.45) is 5.73 Å². The van der Waals surface area contributed by atoms with Gasteiger partial charge in [-0.15, -0.1) is 0 Å². The van der Waals surface area contributed by atoms with Crippen molar-refractivity contribution >= 4 is 15.9 Å². The third-order valence-electron chi connectivity index (χ3n) is 2.44. The van der Waals surface area contributed by atoms with Gasteiger partial charge in [0.05, 0.1) is 0 Å². The van der Waals surface area contributed by atoms with E-state index in [1.165, 1.54) is 0 Å². The maximum Gasteiger partial charge on any atom is 0.119 e. The summed E-state index contributed by atoms with van der Waals surface area (Å²) in [6.45, 7) is 4.68. The fourth-order valence-electron chi connectivity index (χ4n) is 1.48. The van der Waals surface area contributed by atoms with Crippen LogP contribution in [0.15, 0.2) is 16.6 Å². The number of phenols is 1. The highest BCUT2D eigenvalue weighted by Gasteiger charge is 2.11. The number of halogens is 1. The molecule has 1 atom stereocenters. The lowest BCUT2D eigenvalue weighted by molar-refractivity contribution is 0.460. The first-order valence-corrected chi connectivity index (χ1v) is 5.54. The van der Waals surface area contributed by atoms with Gasteiger partial charge in [0.15, 0.2) is 0 Å². The lowest BCUT2D eigenvalue weighted by Crippen LogP contribution is -2.04. The first-order chi connectivity index (χ1) is 6.56. The first-order valence-electron chi connectivity index (χ1n) is 4.75. The zero-order valence-electron chi connectivity index (χ0n) is 8.55. The molecule has 0 aliphatic rings. The Balaban J connectivity index is 3.02. The predicted molar refractivity (Wildman–Crippen MR) is 62.6 cm³/mol. The highest BCUT2D eigenvalue weighted by molar-refractivity contribution is 9.10. The van der Waals surface area contributed by atoms with Gasteiger partial charge in [0, 0.05) is 4.47 Å². The Hall–Kier alpha value is -0.540. The molecule has 0 saturated carbocycles. The average molecular weight is 258 g/mol. The Labute approximate surface area is 93.3 Å². The molecule has 0 spiro atoms. The Morgan fingerprint density at radius 1 is 1.50 bits per heavy atom. The molecular weight excluding hydrogens is 242 g/mol. The van der Waals surface area contributed by atoms with Crippen LogP contribution < -0.4 is 5.73 Å². The molecule has 1 aromatic carbocycles. The molecule has 0 heterocycles. The summed E-state index contributed by atoms with van der Waals surface area (Å²) in [5.41, 5.74) is 7.50. The average Bonchev–Trinajstić information content (AvgIpc) is 2.11. The van der Waals surface area contributed by atoms with E-state index in [1.54, 1.807) is 6.07 Å². The minimum atomic E-state index is 0.303. The van der Waals surface area contributed by atoms with Crippen LogP contribution >= 0.6 is 15.9 Å². The normalized spacial score (nSPS) is 12.9. The van der Waals surface area contributed by atoms with Crippen molar-refractivity contribution < 1.29 is 5.11 Å². The molecule has 14 heavy (non-hydrogen) atoms. The highest BCUT2D eigenvalue weighted by atomic mass is 79.9. The largest absolute Gasteiger partial charge is 0.508 e. The number of nitrogens with two attached hydrogens (primary N) is 1. The van der Waals surface area contributed by atoms with E-state index in [2.05, 4.69) is 22.9 Å². The van der Waals surface area contributed by atoms with Gasteiger partial charge in [-0.25, -0.2) is 0 Å². The minimum Gasteiger partial charge on any atom is -0.508 e. The van der Waals surface area contributed by atoms with Crippen molar-refractivity contribution in [1.82, 2.24) is 0 Å². The lowest BCUT2D eigenvalue weighted by Gasteiger charge is -2.14.